The van der Waals surface area contributed by atoms with Crippen LogP contribution in [0.25, 0.3) is 5.70 Å². The Balaban J connectivity index is 2.09. The fourth-order valence-corrected chi connectivity index (χ4v) is 4.04. The molecule has 0 aliphatic heterocycles. The van der Waals surface area contributed by atoms with Crippen molar-refractivity contribution in [2.75, 3.05) is 6.54 Å². The van der Waals surface area contributed by atoms with Gasteiger partial charge in [-0.1, -0.05) is 63.6 Å². The van der Waals surface area contributed by atoms with E-state index in [4.69, 9.17) is 0 Å². The van der Waals surface area contributed by atoms with E-state index in [1.807, 2.05) is 18.2 Å². The summed E-state index contributed by atoms with van der Waals surface area (Å²) in [4.78, 5) is 0. The average Bonchev–Trinajstić information content (AvgIpc) is 3.00. The van der Waals surface area contributed by atoms with E-state index in [-0.39, 0.29) is 5.41 Å². The molecule has 1 fully saturated rings. The van der Waals surface area contributed by atoms with Crippen LogP contribution in [0.3, 0.4) is 0 Å². The summed E-state index contributed by atoms with van der Waals surface area (Å²) in [6.07, 6.45) is 5.69. The lowest BCUT2D eigenvalue weighted by atomic mass is 9.67. The third-order valence-corrected chi connectivity index (χ3v) is 5.28. The molecule has 118 valence electrons. The lowest BCUT2D eigenvalue weighted by Gasteiger charge is -2.40. The van der Waals surface area contributed by atoms with Crippen molar-refractivity contribution in [2.24, 2.45) is 17.3 Å². The molecule has 2 heteroatoms. The second-order valence-electron chi connectivity index (χ2n) is 6.98. The highest BCUT2D eigenvalue weighted by atomic mass is 14.9. The number of nitrogens with one attached hydrogen (secondary N) is 1. The van der Waals surface area contributed by atoms with Crippen LogP contribution in [-0.4, -0.2) is 6.54 Å². The molecule has 1 N–H and O–H groups in total. The van der Waals surface area contributed by atoms with Gasteiger partial charge < -0.3 is 5.32 Å². The van der Waals surface area contributed by atoms with Gasteiger partial charge >= 0.3 is 0 Å². The number of benzene rings is 1. The molecule has 1 aromatic carbocycles. The van der Waals surface area contributed by atoms with Crippen LogP contribution in [0.2, 0.25) is 0 Å². The van der Waals surface area contributed by atoms with E-state index in [1.54, 1.807) is 0 Å². The zero-order valence-corrected chi connectivity index (χ0v) is 13.9. The highest BCUT2D eigenvalue weighted by molar-refractivity contribution is 5.61. The van der Waals surface area contributed by atoms with Crippen molar-refractivity contribution in [1.82, 2.24) is 5.32 Å². The fraction of sp³-hybridized carbons (Fsp3) is 0.550. The summed E-state index contributed by atoms with van der Waals surface area (Å²) in [5.74, 6) is 1.01. The van der Waals surface area contributed by atoms with Crippen LogP contribution < -0.4 is 5.32 Å². The van der Waals surface area contributed by atoms with Gasteiger partial charge in [-0.15, -0.1) is 0 Å². The number of hydrogen-bond donors (Lipinski definition) is 1. The Kier molecular flexibility index (Phi) is 5.66. The van der Waals surface area contributed by atoms with E-state index in [1.165, 1.54) is 25.7 Å². The molecule has 1 aliphatic rings. The van der Waals surface area contributed by atoms with Crippen LogP contribution in [0.5, 0.6) is 0 Å². The molecule has 1 unspecified atom stereocenters. The van der Waals surface area contributed by atoms with E-state index in [2.05, 4.69) is 43.9 Å². The zero-order chi connectivity index (χ0) is 16.0. The number of hydrogen-bond acceptors (Lipinski definition) is 2. The first kappa shape index (κ1) is 16.6. The molecule has 1 aromatic rings. The van der Waals surface area contributed by atoms with Crippen LogP contribution in [0.15, 0.2) is 36.9 Å². The predicted octanol–water partition coefficient (Wildman–Crippen LogP) is 4.99. The smallest absolute Gasteiger partial charge is 0.0624 e. The molecular weight excluding hydrogens is 268 g/mol. The van der Waals surface area contributed by atoms with Gasteiger partial charge in [-0.25, -0.2) is 0 Å². The first-order valence-electron chi connectivity index (χ1n) is 8.44. The monoisotopic (exact) mass is 296 g/mol. The summed E-state index contributed by atoms with van der Waals surface area (Å²) in [6.45, 7) is 9.64. The summed E-state index contributed by atoms with van der Waals surface area (Å²) in [5.41, 5.74) is 2.39. The number of nitriles is 1. The van der Waals surface area contributed by atoms with Crippen molar-refractivity contribution < 1.29 is 0 Å². The second kappa shape index (κ2) is 7.49. The van der Waals surface area contributed by atoms with Crippen molar-refractivity contribution >= 4 is 5.70 Å². The maximum atomic E-state index is 9.23. The van der Waals surface area contributed by atoms with Crippen LogP contribution in [0, 0.1) is 28.6 Å². The molecule has 0 heterocycles. The van der Waals surface area contributed by atoms with Crippen molar-refractivity contribution in [1.29, 1.82) is 5.26 Å². The highest BCUT2D eigenvalue weighted by Gasteiger charge is 2.42. The quantitative estimate of drug-likeness (QED) is 0.769. The maximum Gasteiger partial charge on any atom is 0.0624 e. The van der Waals surface area contributed by atoms with Gasteiger partial charge in [-0.3, -0.25) is 0 Å². The SMILES string of the molecule is C=C(NCC1(C(CC#N)C(C)C)CCCC1)c1ccccc1. The summed E-state index contributed by atoms with van der Waals surface area (Å²) in [6, 6.07) is 12.7. The Morgan fingerprint density at radius 3 is 2.45 bits per heavy atom. The van der Waals surface area contributed by atoms with E-state index >= 15 is 0 Å². The minimum atomic E-state index is 0.252. The second-order valence-corrected chi connectivity index (χ2v) is 6.98. The Morgan fingerprint density at radius 2 is 1.91 bits per heavy atom. The minimum absolute atomic E-state index is 0.252. The van der Waals surface area contributed by atoms with Crippen LogP contribution in [0.4, 0.5) is 0 Å². The molecule has 0 saturated heterocycles. The Morgan fingerprint density at radius 1 is 1.27 bits per heavy atom. The molecule has 1 atom stereocenters. The predicted molar refractivity (Wildman–Crippen MR) is 92.9 cm³/mol. The van der Waals surface area contributed by atoms with Crippen LogP contribution in [-0.2, 0) is 0 Å². The molecular formula is C20H28N2. The summed E-state index contributed by atoms with van der Waals surface area (Å²) >= 11 is 0. The molecule has 0 bridgehead atoms. The van der Waals surface area contributed by atoms with Crippen molar-refractivity contribution in [3.05, 3.63) is 42.5 Å². The Hall–Kier alpha value is -1.75. The summed E-state index contributed by atoms with van der Waals surface area (Å²) < 4.78 is 0. The first-order valence-corrected chi connectivity index (χ1v) is 8.44. The molecule has 0 spiro atoms. The molecule has 1 saturated carbocycles. The Bertz CT molecular complexity index is 518. The zero-order valence-electron chi connectivity index (χ0n) is 13.9. The van der Waals surface area contributed by atoms with Crippen molar-refractivity contribution in [2.45, 2.75) is 46.0 Å². The van der Waals surface area contributed by atoms with Crippen molar-refractivity contribution in [3.63, 3.8) is 0 Å². The number of rotatable bonds is 7. The molecule has 1 aliphatic carbocycles. The third-order valence-electron chi connectivity index (χ3n) is 5.28. The summed E-state index contributed by atoms with van der Waals surface area (Å²) in [7, 11) is 0. The molecule has 22 heavy (non-hydrogen) atoms. The van der Waals surface area contributed by atoms with Crippen LogP contribution in [0.1, 0.15) is 51.5 Å². The lowest BCUT2D eigenvalue weighted by Crippen LogP contribution is -2.40. The van der Waals surface area contributed by atoms with E-state index < -0.39 is 0 Å². The van der Waals surface area contributed by atoms with Gasteiger partial charge in [0.1, 0.15) is 0 Å². The van der Waals surface area contributed by atoms with Gasteiger partial charge in [0, 0.05) is 18.7 Å². The third kappa shape index (κ3) is 3.71. The summed E-state index contributed by atoms with van der Waals surface area (Å²) in [5, 5.41) is 12.8. The number of nitrogens with zero attached hydrogens (tertiary/aromatic N) is 1. The van der Waals surface area contributed by atoms with E-state index in [0.29, 0.717) is 18.3 Å². The molecule has 2 rings (SSSR count). The van der Waals surface area contributed by atoms with E-state index in [9.17, 15) is 5.26 Å². The van der Waals surface area contributed by atoms with Gasteiger partial charge in [-0.2, -0.15) is 5.26 Å². The van der Waals surface area contributed by atoms with Gasteiger partial charge in [0.05, 0.1) is 6.07 Å². The first-order chi connectivity index (χ1) is 10.6. The minimum Gasteiger partial charge on any atom is -0.384 e. The van der Waals surface area contributed by atoms with Gasteiger partial charge in [0.15, 0.2) is 0 Å². The maximum absolute atomic E-state index is 9.23. The molecule has 0 amide bonds. The van der Waals surface area contributed by atoms with Gasteiger partial charge in [0.25, 0.3) is 0 Å². The van der Waals surface area contributed by atoms with Crippen LogP contribution >= 0.6 is 0 Å². The molecule has 0 radical (unpaired) electrons. The normalized spacial score (nSPS) is 17.9. The largest absolute Gasteiger partial charge is 0.384 e. The molecule has 0 aromatic heterocycles. The Labute approximate surface area is 135 Å². The standard InChI is InChI=1S/C20H28N2/c1-16(2)19(11-14-21)20(12-7-8-13-20)15-22-17(3)18-9-5-4-6-10-18/h4-6,9-10,16,19,22H,3,7-8,11-13,15H2,1-2H3. The van der Waals surface area contributed by atoms with Gasteiger partial charge in [-0.05, 0) is 35.7 Å². The lowest BCUT2D eigenvalue weighted by molar-refractivity contribution is 0.124. The highest BCUT2D eigenvalue weighted by Crippen LogP contribution is 2.48. The molecule has 2 nitrogen and oxygen atoms in total. The van der Waals surface area contributed by atoms with E-state index in [0.717, 1.165) is 17.8 Å². The fourth-order valence-electron chi connectivity index (χ4n) is 4.04. The average molecular weight is 296 g/mol. The van der Waals surface area contributed by atoms with Crippen molar-refractivity contribution in [3.8, 4) is 6.07 Å². The van der Waals surface area contributed by atoms with Gasteiger partial charge in [0.2, 0.25) is 0 Å². The topological polar surface area (TPSA) is 35.8 Å².